The lowest BCUT2D eigenvalue weighted by Gasteiger charge is -2.37. The highest BCUT2D eigenvalue weighted by atomic mass is 19.4. The van der Waals surface area contributed by atoms with E-state index in [9.17, 15) is 13.2 Å². The molecular weight excluding hydrogens is 241 g/mol. The second kappa shape index (κ2) is 5.28. The highest BCUT2D eigenvalue weighted by Crippen LogP contribution is 2.33. The smallest absolute Gasteiger partial charge is 0.327 e. The standard InChI is InChI=1S/C13H17F3N2/c14-13(15,16)11-6-12(17)9-18(8-11)7-10-4-2-1-3-5-10/h1-5,11-12H,6-9,17H2/t11-,12-/m1/s1. The molecule has 0 amide bonds. The molecule has 5 heteroatoms. The first-order valence-electron chi connectivity index (χ1n) is 6.03. The van der Waals surface area contributed by atoms with Crippen molar-refractivity contribution in [2.45, 2.75) is 25.2 Å². The zero-order chi connectivity index (χ0) is 13.2. The molecule has 2 nitrogen and oxygen atoms in total. The minimum atomic E-state index is -4.15. The molecule has 0 aromatic heterocycles. The molecule has 0 bridgehead atoms. The van der Waals surface area contributed by atoms with E-state index in [0.717, 1.165) is 5.56 Å². The van der Waals surface area contributed by atoms with E-state index in [2.05, 4.69) is 0 Å². The van der Waals surface area contributed by atoms with Crippen molar-refractivity contribution in [1.82, 2.24) is 4.90 Å². The molecule has 2 atom stereocenters. The number of hydrogen-bond acceptors (Lipinski definition) is 2. The average molecular weight is 258 g/mol. The Morgan fingerprint density at radius 3 is 2.44 bits per heavy atom. The molecule has 1 heterocycles. The van der Waals surface area contributed by atoms with Gasteiger partial charge in [0.15, 0.2) is 0 Å². The fourth-order valence-electron chi connectivity index (χ4n) is 2.44. The number of rotatable bonds is 2. The van der Waals surface area contributed by atoms with Gasteiger partial charge in [-0.3, -0.25) is 4.90 Å². The third-order valence-electron chi connectivity index (χ3n) is 3.27. The Labute approximate surface area is 105 Å². The molecule has 1 aliphatic rings. The molecule has 18 heavy (non-hydrogen) atoms. The molecule has 1 aromatic carbocycles. The van der Waals surface area contributed by atoms with Crippen LogP contribution in [0.4, 0.5) is 13.2 Å². The summed E-state index contributed by atoms with van der Waals surface area (Å²) >= 11 is 0. The topological polar surface area (TPSA) is 29.3 Å². The summed E-state index contributed by atoms with van der Waals surface area (Å²) in [6.45, 7) is 1.11. The number of alkyl halides is 3. The van der Waals surface area contributed by atoms with Crippen LogP contribution in [0.3, 0.4) is 0 Å². The van der Waals surface area contributed by atoms with Crippen LogP contribution in [-0.4, -0.2) is 30.2 Å². The number of nitrogens with two attached hydrogens (primary N) is 1. The molecule has 100 valence electrons. The van der Waals surface area contributed by atoms with Gasteiger partial charge in [0, 0.05) is 25.7 Å². The van der Waals surface area contributed by atoms with Crippen LogP contribution in [0.1, 0.15) is 12.0 Å². The molecule has 0 aliphatic carbocycles. The summed E-state index contributed by atoms with van der Waals surface area (Å²) in [4.78, 5) is 1.79. The summed E-state index contributed by atoms with van der Waals surface area (Å²) in [7, 11) is 0. The first-order valence-corrected chi connectivity index (χ1v) is 6.03. The highest BCUT2D eigenvalue weighted by Gasteiger charge is 2.43. The number of hydrogen-bond donors (Lipinski definition) is 1. The minimum Gasteiger partial charge on any atom is -0.327 e. The average Bonchev–Trinajstić information content (AvgIpc) is 2.28. The summed E-state index contributed by atoms with van der Waals surface area (Å²) in [6.07, 6.45) is -4.11. The SMILES string of the molecule is N[C@@H]1C[C@@H](C(F)(F)F)CN(Cc2ccccc2)C1. The minimum absolute atomic E-state index is 0.0365. The van der Waals surface area contributed by atoms with Crippen molar-refractivity contribution in [2.75, 3.05) is 13.1 Å². The van der Waals surface area contributed by atoms with E-state index in [0.29, 0.717) is 13.1 Å². The van der Waals surface area contributed by atoms with Crippen LogP contribution in [0, 0.1) is 5.92 Å². The number of benzene rings is 1. The van der Waals surface area contributed by atoms with Gasteiger partial charge in [0.05, 0.1) is 5.92 Å². The van der Waals surface area contributed by atoms with Crippen molar-refractivity contribution in [3.63, 3.8) is 0 Å². The van der Waals surface area contributed by atoms with Crippen LogP contribution >= 0.6 is 0 Å². The van der Waals surface area contributed by atoms with E-state index in [4.69, 9.17) is 5.73 Å². The molecule has 0 unspecified atom stereocenters. The maximum Gasteiger partial charge on any atom is 0.393 e. The van der Waals surface area contributed by atoms with Gasteiger partial charge in [-0.15, -0.1) is 0 Å². The van der Waals surface area contributed by atoms with Crippen LogP contribution in [0.5, 0.6) is 0 Å². The Morgan fingerprint density at radius 1 is 1.17 bits per heavy atom. The van der Waals surface area contributed by atoms with Crippen molar-refractivity contribution in [2.24, 2.45) is 11.7 Å². The molecule has 1 aliphatic heterocycles. The number of nitrogens with zero attached hydrogens (tertiary/aromatic N) is 1. The first-order chi connectivity index (χ1) is 8.45. The Hall–Kier alpha value is -1.07. The maximum atomic E-state index is 12.7. The van der Waals surface area contributed by atoms with Gasteiger partial charge in [-0.25, -0.2) is 0 Å². The van der Waals surface area contributed by atoms with Gasteiger partial charge in [-0.1, -0.05) is 30.3 Å². The van der Waals surface area contributed by atoms with E-state index in [1.54, 1.807) is 4.90 Å². The Balaban J connectivity index is 2.01. The van der Waals surface area contributed by atoms with E-state index in [1.807, 2.05) is 30.3 Å². The summed E-state index contributed by atoms with van der Waals surface area (Å²) in [5.41, 5.74) is 6.75. The number of piperidine rings is 1. The summed E-state index contributed by atoms with van der Waals surface area (Å²) in [5.74, 6) is -1.30. The molecule has 0 spiro atoms. The number of likely N-dealkylation sites (tertiary alicyclic amines) is 1. The lowest BCUT2D eigenvalue weighted by atomic mass is 9.94. The molecule has 0 radical (unpaired) electrons. The van der Waals surface area contributed by atoms with Crippen molar-refractivity contribution in [3.05, 3.63) is 35.9 Å². The van der Waals surface area contributed by atoms with Crippen molar-refractivity contribution >= 4 is 0 Å². The lowest BCUT2D eigenvalue weighted by Crippen LogP contribution is -2.50. The largest absolute Gasteiger partial charge is 0.393 e. The van der Waals surface area contributed by atoms with E-state index in [-0.39, 0.29) is 13.0 Å². The van der Waals surface area contributed by atoms with E-state index >= 15 is 0 Å². The second-order valence-electron chi connectivity index (χ2n) is 4.91. The molecule has 2 N–H and O–H groups in total. The van der Waals surface area contributed by atoms with Crippen molar-refractivity contribution < 1.29 is 13.2 Å². The fourth-order valence-corrected chi connectivity index (χ4v) is 2.44. The van der Waals surface area contributed by atoms with E-state index < -0.39 is 18.1 Å². The summed E-state index contributed by atoms with van der Waals surface area (Å²) in [6, 6.07) is 9.12. The first kappa shape index (κ1) is 13.4. The Bertz CT molecular complexity index is 378. The van der Waals surface area contributed by atoms with Gasteiger partial charge in [-0.05, 0) is 12.0 Å². The fraction of sp³-hybridized carbons (Fsp3) is 0.538. The van der Waals surface area contributed by atoms with Crippen LogP contribution in [0.25, 0.3) is 0 Å². The molecule has 0 saturated carbocycles. The second-order valence-corrected chi connectivity index (χ2v) is 4.91. The molecular formula is C13H17F3N2. The summed E-state index contributed by atoms with van der Waals surface area (Å²) in [5, 5.41) is 0. The monoisotopic (exact) mass is 258 g/mol. The zero-order valence-electron chi connectivity index (χ0n) is 10.0. The zero-order valence-corrected chi connectivity index (χ0v) is 10.0. The van der Waals surface area contributed by atoms with Gasteiger partial charge >= 0.3 is 6.18 Å². The molecule has 1 fully saturated rings. The third-order valence-corrected chi connectivity index (χ3v) is 3.27. The van der Waals surface area contributed by atoms with Crippen LogP contribution < -0.4 is 5.73 Å². The Morgan fingerprint density at radius 2 is 1.83 bits per heavy atom. The molecule has 1 aromatic rings. The van der Waals surface area contributed by atoms with Crippen LogP contribution in [-0.2, 0) is 6.54 Å². The van der Waals surface area contributed by atoms with Crippen LogP contribution in [0.2, 0.25) is 0 Å². The maximum absolute atomic E-state index is 12.7. The Kier molecular flexibility index (Phi) is 3.92. The van der Waals surface area contributed by atoms with Gasteiger partial charge in [0.25, 0.3) is 0 Å². The van der Waals surface area contributed by atoms with Gasteiger partial charge in [-0.2, -0.15) is 13.2 Å². The van der Waals surface area contributed by atoms with Gasteiger partial charge in [0.1, 0.15) is 0 Å². The quantitative estimate of drug-likeness (QED) is 0.882. The predicted octanol–water partition coefficient (Wildman–Crippen LogP) is 2.40. The number of halogens is 3. The van der Waals surface area contributed by atoms with Gasteiger partial charge < -0.3 is 5.73 Å². The van der Waals surface area contributed by atoms with Gasteiger partial charge in [0.2, 0.25) is 0 Å². The molecule has 1 saturated heterocycles. The third kappa shape index (κ3) is 3.46. The lowest BCUT2D eigenvalue weighted by molar-refractivity contribution is -0.188. The van der Waals surface area contributed by atoms with E-state index in [1.165, 1.54) is 0 Å². The highest BCUT2D eigenvalue weighted by molar-refractivity contribution is 5.14. The predicted molar refractivity (Wildman–Crippen MR) is 63.9 cm³/mol. The van der Waals surface area contributed by atoms with Crippen molar-refractivity contribution in [1.29, 1.82) is 0 Å². The normalized spacial score (nSPS) is 26.2. The molecule has 2 rings (SSSR count). The summed E-state index contributed by atoms with van der Waals surface area (Å²) < 4.78 is 38.2. The van der Waals surface area contributed by atoms with Crippen LogP contribution in [0.15, 0.2) is 30.3 Å². The van der Waals surface area contributed by atoms with Crippen molar-refractivity contribution in [3.8, 4) is 0 Å².